The van der Waals surface area contributed by atoms with Crippen molar-refractivity contribution in [3.63, 3.8) is 0 Å². The van der Waals surface area contributed by atoms with Crippen molar-refractivity contribution in [2.75, 3.05) is 19.7 Å². The van der Waals surface area contributed by atoms with Gasteiger partial charge in [0.2, 0.25) is 5.88 Å². The number of benzene rings is 1. The molecule has 8 heteroatoms. The number of carbonyl (C=O) groups is 2. The second-order valence-corrected chi connectivity index (χ2v) is 8.24. The average molecular weight is 420 g/mol. The summed E-state index contributed by atoms with van der Waals surface area (Å²) in [4.78, 5) is 31.2. The van der Waals surface area contributed by atoms with E-state index in [9.17, 15) is 14.7 Å². The molecule has 2 aliphatic rings. The Kier molecular flexibility index (Phi) is 4.64. The number of amides is 1. The first-order valence-electron chi connectivity index (χ1n) is 10.6. The van der Waals surface area contributed by atoms with Crippen molar-refractivity contribution in [3.05, 3.63) is 58.9 Å². The molecule has 1 fully saturated rings. The number of ether oxygens (including phenoxy) is 1. The van der Waals surface area contributed by atoms with Crippen molar-refractivity contribution in [1.29, 1.82) is 0 Å². The number of likely N-dealkylation sites (tertiary alicyclic amines) is 1. The third-order valence-electron chi connectivity index (χ3n) is 6.70. The Bertz CT molecular complexity index is 1180. The normalized spacial score (nSPS) is 17.1. The van der Waals surface area contributed by atoms with Crippen LogP contribution in [0.2, 0.25) is 0 Å². The van der Waals surface area contributed by atoms with Crippen LogP contribution >= 0.6 is 0 Å². The highest BCUT2D eigenvalue weighted by molar-refractivity contribution is 5.98. The molecule has 1 spiro atoms. The van der Waals surface area contributed by atoms with Gasteiger partial charge in [-0.1, -0.05) is 24.3 Å². The molecule has 1 aliphatic carbocycles. The Morgan fingerprint density at radius 1 is 1.13 bits per heavy atom. The topological polar surface area (TPSA) is 97.0 Å². The maximum Gasteiger partial charge on any atom is 0.343 e. The molecule has 5 rings (SSSR count). The number of rotatable bonds is 3. The maximum absolute atomic E-state index is 13.1. The first-order chi connectivity index (χ1) is 15.0. The van der Waals surface area contributed by atoms with Gasteiger partial charge in [0.1, 0.15) is 11.1 Å². The van der Waals surface area contributed by atoms with E-state index in [4.69, 9.17) is 4.74 Å². The zero-order chi connectivity index (χ0) is 21.6. The van der Waals surface area contributed by atoms with Crippen molar-refractivity contribution in [1.82, 2.24) is 19.5 Å². The molecule has 0 atom stereocenters. The summed E-state index contributed by atoms with van der Waals surface area (Å²) in [7, 11) is 0. The second kappa shape index (κ2) is 7.37. The van der Waals surface area contributed by atoms with Gasteiger partial charge in [-0.05, 0) is 49.1 Å². The van der Waals surface area contributed by atoms with Gasteiger partial charge in [-0.15, -0.1) is 0 Å². The number of aromatic nitrogens is 3. The van der Waals surface area contributed by atoms with E-state index in [-0.39, 0.29) is 40.6 Å². The van der Waals surface area contributed by atoms with Gasteiger partial charge >= 0.3 is 5.97 Å². The number of piperidine rings is 1. The number of aromatic hydroxyl groups is 1. The number of fused-ring (bicyclic) bond motifs is 3. The number of carbonyl (C=O) groups excluding carboxylic acids is 2. The number of aryl methyl sites for hydroxylation is 1. The van der Waals surface area contributed by atoms with Gasteiger partial charge in [0.05, 0.1) is 12.8 Å². The molecular formula is C23H24N4O4. The quantitative estimate of drug-likeness (QED) is 0.655. The average Bonchev–Trinajstić information content (AvgIpc) is 3.38. The Morgan fingerprint density at radius 2 is 1.90 bits per heavy atom. The van der Waals surface area contributed by atoms with Crippen LogP contribution in [0.5, 0.6) is 5.88 Å². The van der Waals surface area contributed by atoms with Crippen molar-refractivity contribution in [2.24, 2.45) is 0 Å². The van der Waals surface area contributed by atoms with Crippen molar-refractivity contribution < 1.29 is 19.4 Å². The SMILES string of the molecule is CCOC(=O)c1cnn2c(O)c(C(=O)N3CCC4(CCc5ccccc54)CC3)cnc12. The summed E-state index contributed by atoms with van der Waals surface area (Å²) in [6, 6.07) is 8.61. The molecule has 0 bridgehead atoms. The molecular weight excluding hydrogens is 396 g/mol. The molecule has 0 unspecified atom stereocenters. The molecule has 1 saturated heterocycles. The van der Waals surface area contributed by atoms with Gasteiger partial charge < -0.3 is 14.7 Å². The third kappa shape index (κ3) is 3.05. The van der Waals surface area contributed by atoms with E-state index >= 15 is 0 Å². The minimum atomic E-state index is -0.568. The highest BCUT2D eigenvalue weighted by Gasteiger charge is 2.42. The zero-order valence-electron chi connectivity index (χ0n) is 17.4. The summed E-state index contributed by atoms with van der Waals surface area (Å²) in [5.74, 6) is -1.17. The minimum absolute atomic E-state index is 0.0776. The summed E-state index contributed by atoms with van der Waals surface area (Å²) in [5.41, 5.74) is 3.38. The minimum Gasteiger partial charge on any atom is -0.493 e. The van der Waals surface area contributed by atoms with E-state index in [2.05, 4.69) is 34.3 Å². The molecule has 31 heavy (non-hydrogen) atoms. The Balaban J connectivity index is 1.37. The van der Waals surface area contributed by atoms with E-state index < -0.39 is 5.97 Å². The number of hydrogen-bond donors (Lipinski definition) is 1. The van der Waals surface area contributed by atoms with Crippen LogP contribution in [0.1, 0.15) is 58.0 Å². The Morgan fingerprint density at radius 3 is 2.68 bits per heavy atom. The Hall–Kier alpha value is -3.42. The predicted molar refractivity (Wildman–Crippen MR) is 112 cm³/mol. The van der Waals surface area contributed by atoms with Gasteiger partial charge in [0.25, 0.3) is 5.91 Å². The molecule has 3 aromatic rings. The highest BCUT2D eigenvalue weighted by atomic mass is 16.5. The van der Waals surface area contributed by atoms with Crippen LogP contribution in [-0.2, 0) is 16.6 Å². The van der Waals surface area contributed by atoms with Crippen molar-refractivity contribution >= 4 is 17.5 Å². The van der Waals surface area contributed by atoms with E-state index in [1.165, 1.54) is 23.5 Å². The third-order valence-corrected chi connectivity index (χ3v) is 6.70. The van der Waals surface area contributed by atoms with Gasteiger partial charge in [0, 0.05) is 19.3 Å². The van der Waals surface area contributed by atoms with Crippen LogP contribution in [0.3, 0.4) is 0 Å². The molecule has 0 radical (unpaired) electrons. The Labute approximate surface area is 179 Å². The fraction of sp³-hybridized carbons (Fsp3) is 0.391. The van der Waals surface area contributed by atoms with Crippen molar-refractivity contribution in [3.8, 4) is 5.88 Å². The second-order valence-electron chi connectivity index (χ2n) is 8.24. The van der Waals surface area contributed by atoms with Crippen LogP contribution in [-0.4, -0.2) is 56.2 Å². The van der Waals surface area contributed by atoms with Crippen LogP contribution in [0.25, 0.3) is 5.65 Å². The molecule has 0 saturated carbocycles. The van der Waals surface area contributed by atoms with Gasteiger partial charge in [-0.2, -0.15) is 9.61 Å². The summed E-state index contributed by atoms with van der Waals surface area (Å²) >= 11 is 0. The largest absolute Gasteiger partial charge is 0.493 e. The van der Waals surface area contributed by atoms with Gasteiger partial charge in [0.15, 0.2) is 5.65 Å². The van der Waals surface area contributed by atoms with E-state index in [1.54, 1.807) is 11.8 Å². The first-order valence-corrected chi connectivity index (χ1v) is 10.6. The smallest absolute Gasteiger partial charge is 0.343 e. The summed E-state index contributed by atoms with van der Waals surface area (Å²) < 4.78 is 6.10. The van der Waals surface area contributed by atoms with E-state index in [1.807, 2.05) is 0 Å². The molecule has 3 heterocycles. The highest BCUT2D eigenvalue weighted by Crippen LogP contribution is 2.46. The molecule has 1 N–H and O–H groups in total. The molecule has 160 valence electrons. The monoisotopic (exact) mass is 420 g/mol. The standard InChI is InChI=1S/C23H24N4O4/c1-2-31-22(30)16-14-25-27-19(16)24-13-17(21(27)29)20(28)26-11-9-23(10-12-26)8-7-15-5-3-4-6-18(15)23/h3-6,13-14,29H,2,7-12H2,1H3. The fourth-order valence-electron chi connectivity index (χ4n) is 5.01. The molecule has 1 aromatic carbocycles. The lowest BCUT2D eigenvalue weighted by Gasteiger charge is -2.40. The summed E-state index contributed by atoms with van der Waals surface area (Å²) in [6.07, 6.45) is 6.62. The maximum atomic E-state index is 13.1. The van der Waals surface area contributed by atoms with Crippen LogP contribution in [0.4, 0.5) is 0 Å². The van der Waals surface area contributed by atoms with Crippen LogP contribution < -0.4 is 0 Å². The molecule has 8 nitrogen and oxygen atoms in total. The number of esters is 1. The fourth-order valence-corrected chi connectivity index (χ4v) is 5.01. The molecule has 1 aliphatic heterocycles. The lowest BCUT2D eigenvalue weighted by molar-refractivity contribution is 0.0528. The summed E-state index contributed by atoms with van der Waals surface area (Å²) in [5, 5.41) is 14.7. The lowest BCUT2D eigenvalue weighted by Crippen LogP contribution is -2.44. The molecule has 2 aromatic heterocycles. The molecule has 1 amide bonds. The van der Waals surface area contributed by atoms with Gasteiger partial charge in [-0.25, -0.2) is 9.78 Å². The van der Waals surface area contributed by atoms with E-state index in [0.29, 0.717) is 13.1 Å². The van der Waals surface area contributed by atoms with Crippen molar-refractivity contribution in [2.45, 2.75) is 38.0 Å². The number of hydrogen-bond acceptors (Lipinski definition) is 6. The van der Waals surface area contributed by atoms with Gasteiger partial charge in [-0.3, -0.25) is 4.79 Å². The number of nitrogens with zero attached hydrogens (tertiary/aromatic N) is 4. The van der Waals surface area contributed by atoms with E-state index in [0.717, 1.165) is 30.2 Å². The van der Waals surface area contributed by atoms with Crippen LogP contribution in [0, 0.1) is 0 Å². The zero-order valence-corrected chi connectivity index (χ0v) is 17.4. The van der Waals surface area contributed by atoms with Crippen LogP contribution in [0.15, 0.2) is 36.7 Å². The summed E-state index contributed by atoms with van der Waals surface area (Å²) in [6.45, 7) is 3.17. The lowest BCUT2D eigenvalue weighted by atomic mass is 9.74. The predicted octanol–water partition coefficient (Wildman–Crippen LogP) is 2.73. The first kappa shape index (κ1) is 19.5.